The molecule has 0 saturated carbocycles. The van der Waals surface area contributed by atoms with Crippen molar-refractivity contribution in [2.45, 2.75) is 176 Å². The topological polar surface area (TPSA) is 74.4 Å². The zero-order valence-electron chi connectivity index (χ0n) is 39.5. The molecule has 0 amide bonds. The highest BCUT2D eigenvalue weighted by Crippen LogP contribution is 2.56. The lowest BCUT2D eigenvalue weighted by Gasteiger charge is -2.38. The molecule has 4 aromatic carbocycles. The molecule has 0 aromatic heterocycles. The number of benzene rings is 4. The number of nitrogens with zero attached hydrogens (tertiary/aromatic N) is 2. The summed E-state index contributed by atoms with van der Waals surface area (Å²) in [6.45, 7) is 43.8. The highest BCUT2D eigenvalue weighted by atomic mass is 16.5. The molecule has 0 bridgehead atoms. The second-order valence-corrected chi connectivity index (χ2v) is 23.4. The number of fused-ring (bicyclic) bond motifs is 2. The zero-order valence-corrected chi connectivity index (χ0v) is 39.5. The van der Waals surface area contributed by atoms with E-state index in [4.69, 9.17) is 14.7 Å². The van der Waals surface area contributed by atoms with Crippen LogP contribution in [0.4, 0.5) is 11.4 Å². The van der Waals surface area contributed by atoms with Crippen LogP contribution in [-0.2, 0) is 37.9 Å². The average Bonchev–Trinajstić information content (AvgIpc) is 3.04. The minimum Gasteiger partial charge on any atom is -0.507 e. The van der Waals surface area contributed by atoms with Gasteiger partial charge in [-0.05, 0) is 79.0 Å². The molecule has 2 N–H and O–H groups in total. The maximum absolute atomic E-state index is 11.7. The number of hydrogen-bond donors (Lipinski definition) is 2. The predicted molar refractivity (Wildman–Crippen MR) is 248 cm³/mol. The largest absolute Gasteiger partial charge is 0.507 e. The number of aromatic hydroxyl groups is 2. The normalized spacial score (nSPS) is 15.2. The maximum Gasteiger partial charge on any atom is 0.157 e. The lowest BCUT2D eigenvalue weighted by molar-refractivity contribution is 0.417. The van der Waals surface area contributed by atoms with Crippen LogP contribution in [0.25, 0.3) is 0 Å². The summed E-state index contributed by atoms with van der Waals surface area (Å²) in [5.74, 6) is 1.85. The second-order valence-electron chi connectivity index (χ2n) is 23.4. The van der Waals surface area contributed by atoms with E-state index in [1.165, 1.54) is 0 Å². The van der Waals surface area contributed by atoms with Crippen molar-refractivity contribution in [1.82, 2.24) is 0 Å². The standard InChI is InChI=1S/C53H72N2O3/c1-47(2,3)33-21-31(43(56)37(23-33)51(13,14)15)29-54-41-27-35(49(7,8)9)25-39-45(41)58-46-40(53(39,19)20)26-36(50(10,11)12)28-42(46)55-30-32-22-34(48(4,5)6)24-38(44(32)57)52(16,17)18/h21-30,56-57H,1-20H3. The van der Waals surface area contributed by atoms with E-state index < -0.39 is 5.41 Å². The molecule has 0 aliphatic carbocycles. The van der Waals surface area contributed by atoms with Crippen molar-refractivity contribution in [3.63, 3.8) is 0 Å². The summed E-state index contributed by atoms with van der Waals surface area (Å²) in [7, 11) is 0. The van der Waals surface area contributed by atoms with Gasteiger partial charge >= 0.3 is 0 Å². The fourth-order valence-corrected chi connectivity index (χ4v) is 7.47. The van der Waals surface area contributed by atoms with Gasteiger partial charge in [0, 0.05) is 51.2 Å². The van der Waals surface area contributed by atoms with E-state index in [1.54, 1.807) is 12.4 Å². The third kappa shape index (κ3) is 8.94. The van der Waals surface area contributed by atoms with E-state index in [2.05, 4.69) is 187 Å². The molecule has 0 saturated heterocycles. The van der Waals surface area contributed by atoms with Crippen LogP contribution in [0.2, 0.25) is 0 Å². The number of phenolic OH excluding ortho intramolecular Hbond substituents is 2. The van der Waals surface area contributed by atoms with E-state index in [0.717, 1.165) is 44.5 Å². The third-order valence-corrected chi connectivity index (χ3v) is 11.7. The van der Waals surface area contributed by atoms with E-state index in [0.29, 0.717) is 34.0 Å². The molecule has 0 fully saturated rings. The van der Waals surface area contributed by atoms with Crippen LogP contribution < -0.4 is 4.74 Å². The van der Waals surface area contributed by atoms with Crippen molar-refractivity contribution < 1.29 is 14.9 Å². The Morgan fingerprint density at radius 1 is 0.431 bits per heavy atom. The molecule has 5 heteroatoms. The molecule has 4 aromatic rings. The number of phenols is 2. The predicted octanol–water partition coefficient (Wildman–Crippen LogP) is 14.8. The molecule has 1 aliphatic rings. The van der Waals surface area contributed by atoms with Gasteiger partial charge in [-0.3, -0.25) is 9.98 Å². The fourth-order valence-electron chi connectivity index (χ4n) is 7.47. The molecule has 5 nitrogen and oxygen atoms in total. The Hall–Kier alpha value is -4.38. The summed E-state index contributed by atoms with van der Waals surface area (Å²) in [4.78, 5) is 10.4. The Kier molecular flexibility index (Phi) is 11.1. The van der Waals surface area contributed by atoms with Crippen LogP contribution in [0.15, 0.2) is 58.5 Å². The minimum absolute atomic E-state index is 0.125. The van der Waals surface area contributed by atoms with Gasteiger partial charge in [0.05, 0.1) is 0 Å². The number of rotatable bonds is 4. The first-order chi connectivity index (χ1) is 26.1. The summed E-state index contributed by atoms with van der Waals surface area (Å²) in [5, 5.41) is 23.4. The number of aliphatic imine (C=N–C) groups is 2. The Bertz CT molecular complexity index is 2130. The highest BCUT2D eigenvalue weighted by molar-refractivity contribution is 5.90. The van der Waals surface area contributed by atoms with E-state index in [1.807, 2.05) is 0 Å². The van der Waals surface area contributed by atoms with Gasteiger partial charge in [0.25, 0.3) is 0 Å². The molecule has 5 rings (SSSR count). The quantitative estimate of drug-likeness (QED) is 0.202. The zero-order chi connectivity index (χ0) is 43.9. The van der Waals surface area contributed by atoms with Gasteiger partial charge in [-0.1, -0.05) is 163 Å². The Labute approximate surface area is 351 Å². The molecule has 1 aliphatic heterocycles. The summed E-state index contributed by atoms with van der Waals surface area (Å²) in [6.07, 6.45) is 3.60. The molecular weight excluding hydrogens is 713 g/mol. The minimum atomic E-state index is -0.485. The van der Waals surface area contributed by atoms with Crippen molar-refractivity contribution in [1.29, 1.82) is 0 Å². The molecule has 312 valence electrons. The van der Waals surface area contributed by atoms with Gasteiger partial charge in [-0.2, -0.15) is 0 Å². The lowest BCUT2D eigenvalue weighted by atomic mass is 9.71. The number of ether oxygens (including phenoxy) is 1. The van der Waals surface area contributed by atoms with Gasteiger partial charge in [0.15, 0.2) is 11.5 Å². The molecule has 0 spiro atoms. The summed E-state index contributed by atoms with van der Waals surface area (Å²) < 4.78 is 7.11. The first-order valence-electron chi connectivity index (χ1n) is 21.0. The molecule has 1 heterocycles. The van der Waals surface area contributed by atoms with E-state index in [-0.39, 0.29) is 44.0 Å². The molecule has 0 radical (unpaired) electrons. The van der Waals surface area contributed by atoms with Crippen molar-refractivity contribution >= 4 is 23.8 Å². The smallest absolute Gasteiger partial charge is 0.157 e. The maximum atomic E-state index is 11.7. The van der Waals surface area contributed by atoms with Crippen molar-refractivity contribution in [2.75, 3.05) is 0 Å². The third-order valence-electron chi connectivity index (χ3n) is 11.7. The lowest BCUT2D eigenvalue weighted by Crippen LogP contribution is -2.27. The SMILES string of the molecule is CC(C)(C)c1cc(C=Nc2cc(C(C)(C)C)cc3c2Oc2c(N=Cc4cc(C(C)(C)C)cc(C(C)(C)C)c4O)cc(C(C)(C)C)cc2C3(C)C)c(O)c(C(C)(C)C)c1. The highest BCUT2D eigenvalue weighted by Gasteiger charge is 2.39. The van der Waals surface area contributed by atoms with Crippen molar-refractivity contribution in [3.05, 3.63) is 104 Å². The van der Waals surface area contributed by atoms with Gasteiger partial charge in [0.2, 0.25) is 0 Å². The molecular formula is C53H72N2O3. The average molecular weight is 785 g/mol. The van der Waals surface area contributed by atoms with Crippen LogP contribution >= 0.6 is 0 Å². The van der Waals surface area contributed by atoms with Crippen LogP contribution in [0.3, 0.4) is 0 Å². The summed E-state index contributed by atoms with van der Waals surface area (Å²) >= 11 is 0. The molecule has 0 atom stereocenters. The molecule has 58 heavy (non-hydrogen) atoms. The fraction of sp³-hybridized carbons (Fsp3) is 0.509. The second kappa shape index (κ2) is 14.4. The first-order valence-corrected chi connectivity index (χ1v) is 21.0. The van der Waals surface area contributed by atoms with Gasteiger partial charge < -0.3 is 14.9 Å². The van der Waals surface area contributed by atoms with Crippen LogP contribution in [0.1, 0.15) is 194 Å². The Balaban J connectivity index is 1.79. The van der Waals surface area contributed by atoms with E-state index in [9.17, 15) is 10.2 Å². The van der Waals surface area contributed by atoms with Crippen molar-refractivity contribution in [2.24, 2.45) is 9.98 Å². The van der Waals surface area contributed by atoms with Gasteiger partial charge in [-0.15, -0.1) is 0 Å². The van der Waals surface area contributed by atoms with Crippen LogP contribution in [0.5, 0.6) is 23.0 Å². The van der Waals surface area contributed by atoms with E-state index >= 15 is 0 Å². The van der Waals surface area contributed by atoms with Crippen molar-refractivity contribution in [3.8, 4) is 23.0 Å². The Morgan fingerprint density at radius 2 is 0.724 bits per heavy atom. The number of hydrogen-bond acceptors (Lipinski definition) is 5. The van der Waals surface area contributed by atoms with Crippen LogP contribution in [0, 0.1) is 0 Å². The Morgan fingerprint density at radius 3 is 1.00 bits per heavy atom. The monoisotopic (exact) mass is 785 g/mol. The first kappa shape index (κ1) is 44.7. The van der Waals surface area contributed by atoms with Gasteiger partial charge in [0.1, 0.15) is 22.9 Å². The summed E-state index contributed by atoms with van der Waals surface area (Å²) in [5.41, 5.74) is 9.60. The molecule has 0 unspecified atom stereocenters. The van der Waals surface area contributed by atoms with Crippen LogP contribution in [-0.4, -0.2) is 22.6 Å². The summed E-state index contributed by atoms with van der Waals surface area (Å²) in [6, 6.07) is 17.2. The van der Waals surface area contributed by atoms with Gasteiger partial charge in [-0.25, -0.2) is 0 Å².